The maximum Gasteiger partial charge on any atom is 0.146 e. The molecular weight excluding hydrogens is 226 g/mol. The summed E-state index contributed by atoms with van der Waals surface area (Å²) in [5, 5.41) is 21.2. The van der Waals surface area contributed by atoms with Crippen LogP contribution in [0.15, 0.2) is 6.20 Å². The van der Waals surface area contributed by atoms with Crippen molar-refractivity contribution in [3.8, 4) is 12.1 Å². The summed E-state index contributed by atoms with van der Waals surface area (Å²) in [7, 11) is 0. The van der Waals surface area contributed by atoms with Crippen LogP contribution in [-0.4, -0.2) is 11.0 Å². The monoisotopic (exact) mass is 241 g/mol. The third kappa shape index (κ3) is 2.36. The van der Waals surface area contributed by atoms with Crippen LogP contribution in [0, 0.1) is 22.7 Å². The molecule has 0 unspecified atom stereocenters. The summed E-state index contributed by atoms with van der Waals surface area (Å²) in [6.45, 7) is 0. The van der Waals surface area contributed by atoms with E-state index in [0.717, 1.165) is 12.8 Å². The Kier molecular flexibility index (Phi) is 3.64. The molecule has 18 heavy (non-hydrogen) atoms. The molecule has 0 bridgehead atoms. The minimum atomic E-state index is 0.216. The van der Waals surface area contributed by atoms with Crippen LogP contribution in [-0.2, 0) is 0 Å². The number of nitrogens with one attached hydrogen (secondary N) is 1. The molecule has 0 saturated heterocycles. The highest BCUT2D eigenvalue weighted by Crippen LogP contribution is 2.26. The molecule has 0 amide bonds. The van der Waals surface area contributed by atoms with Crippen LogP contribution in [0.1, 0.15) is 43.2 Å². The summed E-state index contributed by atoms with van der Waals surface area (Å²) in [4.78, 5) is 4.14. The van der Waals surface area contributed by atoms with Gasteiger partial charge in [0.25, 0.3) is 0 Å². The van der Waals surface area contributed by atoms with Crippen LogP contribution in [0.3, 0.4) is 0 Å². The molecule has 0 aromatic carbocycles. The minimum Gasteiger partial charge on any atom is -0.396 e. The van der Waals surface area contributed by atoms with Gasteiger partial charge in [0.1, 0.15) is 23.5 Å². The second-order valence-corrected chi connectivity index (χ2v) is 4.51. The van der Waals surface area contributed by atoms with Gasteiger partial charge < -0.3 is 11.1 Å². The standard InChI is InChI=1S/C13H15N5/c14-6-9-8-17-13(11(7-15)12(9)16)18-10-4-2-1-3-5-10/h8,10H,1-5H2,(H3,16,17,18). The Labute approximate surface area is 106 Å². The fraction of sp³-hybridized carbons (Fsp3) is 0.462. The number of nitrogens with zero attached hydrogens (tertiary/aromatic N) is 3. The summed E-state index contributed by atoms with van der Waals surface area (Å²) < 4.78 is 0. The van der Waals surface area contributed by atoms with Gasteiger partial charge >= 0.3 is 0 Å². The van der Waals surface area contributed by atoms with Crippen molar-refractivity contribution >= 4 is 11.5 Å². The first-order valence-electron chi connectivity index (χ1n) is 6.11. The van der Waals surface area contributed by atoms with E-state index in [0.29, 0.717) is 11.9 Å². The predicted molar refractivity (Wildman–Crippen MR) is 68.6 cm³/mol. The molecule has 1 fully saturated rings. The van der Waals surface area contributed by atoms with Gasteiger partial charge in [0.2, 0.25) is 0 Å². The highest BCUT2D eigenvalue weighted by atomic mass is 15.0. The van der Waals surface area contributed by atoms with E-state index < -0.39 is 0 Å². The van der Waals surface area contributed by atoms with Crippen molar-refractivity contribution in [1.82, 2.24) is 4.98 Å². The van der Waals surface area contributed by atoms with Crippen molar-refractivity contribution in [3.63, 3.8) is 0 Å². The van der Waals surface area contributed by atoms with Gasteiger partial charge in [-0.3, -0.25) is 0 Å². The van der Waals surface area contributed by atoms with E-state index in [4.69, 9.17) is 16.3 Å². The first-order valence-corrected chi connectivity index (χ1v) is 6.11. The number of nitriles is 2. The van der Waals surface area contributed by atoms with Gasteiger partial charge in [0.15, 0.2) is 0 Å². The van der Waals surface area contributed by atoms with E-state index in [1.807, 2.05) is 12.1 Å². The van der Waals surface area contributed by atoms with Crippen molar-refractivity contribution in [2.24, 2.45) is 0 Å². The topological polar surface area (TPSA) is 98.5 Å². The Balaban J connectivity index is 2.25. The highest BCUT2D eigenvalue weighted by molar-refractivity contribution is 5.71. The van der Waals surface area contributed by atoms with Gasteiger partial charge in [0.05, 0.1) is 11.3 Å². The predicted octanol–water partition coefficient (Wildman–Crippen LogP) is 2.15. The molecule has 1 aromatic heterocycles. The molecule has 0 spiro atoms. The van der Waals surface area contributed by atoms with Crippen LogP contribution in [0.2, 0.25) is 0 Å². The lowest BCUT2D eigenvalue weighted by molar-refractivity contribution is 0.462. The van der Waals surface area contributed by atoms with E-state index in [1.165, 1.54) is 25.5 Å². The molecule has 2 rings (SSSR count). The van der Waals surface area contributed by atoms with E-state index in [9.17, 15) is 0 Å². The van der Waals surface area contributed by atoms with Crippen LogP contribution >= 0.6 is 0 Å². The van der Waals surface area contributed by atoms with Crippen molar-refractivity contribution in [1.29, 1.82) is 10.5 Å². The zero-order valence-corrected chi connectivity index (χ0v) is 10.1. The van der Waals surface area contributed by atoms with Crippen molar-refractivity contribution in [2.45, 2.75) is 38.1 Å². The zero-order valence-electron chi connectivity index (χ0n) is 10.1. The molecule has 1 aliphatic rings. The lowest BCUT2D eigenvalue weighted by Gasteiger charge is -2.23. The Morgan fingerprint density at radius 3 is 2.56 bits per heavy atom. The zero-order chi connectivity index (χ0) is 13.0. The number of hydrogen-bond donors (Lipinski definition) is 2. The average molecular weight is 241 g/mol. The molecule has 1 aliphatic carbocycles. The molecule has 5 nitrogen and oxygen atoms in total. The van der Waals surface area contributed by atoms with E-state index in [2.05, 4.69) is 10.3 Å². The van der Waals surface area contributed by atoms with Crippen LogP contribution in [0.5, 0.6) is 0 Å². The Morgan fingerprint density at radius 2 is 1.94 bits per heavy atom. The maximum absolute atomic E-state index is 9.13. The SMILES string of the molecule is N#Cc1cnc(NC2CCCCC2)c(C#N)c1N. The number of pyridine rings is 1. The number of nitrogens with two attached hydrogens (primary N) is 1. The first kappa shape index (κ1) is 12.2. The van der Waals surface area contributed by atoms with Gasteiger partial charge in [-0.2, -0.15) is 10.5 Å². The summed E-state index contributed by atoms with van der Waals surface area (Å²) >= 11 is 0. The molecule has 1 saturated carbocycles. The summed E-state index contributed by atoms with van der Waals surface area (Å²) in [5.74, 6) is 0.501. The Hall–Kier alpha value is -2.27. The molecule has 92 valence electrons. The molecule has 0 atom stereocenters. The molecule has 3 N–H and O–H groups in total. The van der Waals surface area contributed by atoms with Crippen LogP contribution in [0.25, 0.3) is 0 Å². The summed E-state index contributed by atoms with van der Waals surface area (Å²) in [6.07, 6.45) is 7.27. The third-order valence-corrected chi connectivity index (χ3v) is 3.30. The number of nitrogen functional groups attached to an aromatic ring is 1. The molecule has 1 heterocycles. The normalized spacial score (nSPS) is 15.7. The fourth-order valence-electron chi connectivity index (χ4n) is 2.28. The second kappa shape index (κ2) is 5.37. The minimum absolute atomic E-state index is 0.216. The van der Waals surface area contributed by atoms with Crippen molar-refractivity contribution < 1.29 is 0 Å². The largest absolute Gasteiger partial charge is 0.396 e. The average Bonchev–Trinajstić information content (AvgIpc) is 2.40. The van der Waals surface area contributed by atoms with Gasteiger partial charge in [-0.1, -0.05) is 19.3 Å². The molecule has 0 radical (unpaired) electrons. The summed E-state index contributed by atoms with van der Waals surface area (Å²) in [6, 6.07) is 4.31. The van der Waals surface area contributed by atoms with Gasteiger partial charge in [0, 0.05) is 12.2 Å². The summed E-state index contributed by atoms with van der Waals surface area (Å²) in [5.41, 5.74) is 6.53. The van der Waals surface area contributed by atoms with Crippen LogP contribution in [0.4, 0.5) is 11.5 Å². The number of anilines is 2. The molecule has 1 aromatic rings. The van der Waals surface area contributed by atoms with Crippen LogP contribution < -0.4 is 11.1 Å². The Morgan fingerprint density at radius 1 is 1.22 bits per heavy atom. The molecule has 5 heteroatoms. The van der Waals surface area contributed by atoms with Crippen molar-refractivity contribution in [2.75, 3.05) is 11.1 Å². The fourth-order valence-corrected chi connectivity index (χ4v) is 2.28. The maximum atomic E-state index is 9.13. The molecule has 0 aliphatic heterocycles. The van der Waals surface area contributed by atoms with Crippen molar-refractivity contribution in [3.05, 3.63) is 17.3 Å². The number of rotatable bonds is 2. The van der Waals surface area contributed by atoms with Gasteiger partial charge in [-0.05, 0) is 12.8 Å². The van der Waals surface area contributed by atoms with E-state index in [-0.39, 0.29) is 16.8 Å². The lowest BCUT2D eigenvalue weighted by atomic mass is 9.95. The highest BCUT2D eigenvalue weighted by Gasteiger charge is 2.17. The smallest absolute Gasteiger partial charge is 0.146 e. The second-order valence-electron chi connectivity index (χ2n) is 4.51. The molecular formula is C13H15N5. The quantitative estimate of drug-likeness (QED) is 0.826. The van der Waals surface area contributed by atoms with E-state index >= 15 is 0 Å². The number of aromatic nitrogens is 1. The first-order chi connectivity index (χ1) is 8.76. The third-order valence-electron chi connectivity index (χ3n) is 3.30. The number of hydrogen-bond acceptors (Lipinski definition) is 5. The van der Waals surface area contributed by atoms with Gasteiger partial charge in [-0.15, -0.1) is 0 Å². The van der Waals surface area contributed by atoms with E-state index in [1.54, 1.807) is 0 Å². The Bertz CT molecular complexity index is 517. The lowest BCUT2D eigenvalue weighted by Crippen LogP contribution is -2.23. The van der Waals surface area contributed by atoms with Gasteiger partial charge in [-0.25, -0.2) is 4.98 Å².